The van der Waals surface area contributed by atoms with Gasteiger partial charge in [0.15, 0.2) is 0 Å². The van der Waals surface area contributed by atoms with Crippen LogP contribution in [0.4, 0.5) is 0 Å². The van der Waals surface area contributed by atoms with E-state index in [1.54, 1.807) is 0 Å². The van der Waals surface area contributed by atoms with Gasteiger partial charge < -0.3 is 9.15 Å². The molecule has 0 saturated heterocycles. The van der Waals surface area contributed by atoms with Crippen LogP contribution >= 0.6 is 27.5 Å². The molecule has 2 aromatic carbocycles. The molecule has 0 atom stereocenters. The fourth-order valence-electron chi connectivity index (χ4n) is 3.06. The molecule has 154 valence electrons. The van der Waals surface area contributed by atoms with Crippen molar-refractivity contribution in [3.63, 3.8) is 0 Å². The Bertz CT molecular complexity index is 1150. The number of ether oxygens (including phenoxy) is 1. The van der Waals surface area contributed by atoms with E-state index in [4.69, 9.17) is 20.8 Å². The molecule has 0 bridgehead atoms. The smallest absolute Gasteiger partial charge is 0.247 e. The minimum Gasteiger partial charge on any atom is -0.489 e. The van der Waals surface area contributed by atoms with Crippen molar-refractivity contribution in [3.05, 3.63) is 80.9 Å². The molecule has 0 spiro atoms. The second kappa shape index (κ2) is 9.02. The van der Waals surface area contributed by atoms with E-state index in [0.29, 0.717) is 36.4 Å². The molecule has 0 fully saturated rings. The summed E-state index contributed by atoms with van der Waals surface area (Å²) >= 11 is 9.62. The molecular weight excluding hydrogens is 468 g/mol. The molecule has 2 heterocycles. The summed E-state index contributed by atoms with van der Waals surface area (Å²) in [6.07, 6.45) is 0.581. The number of rotatable bonds is 7. The van der Waals surface area contributed by atoms with Crippen LogP contribution < -0.4 is 4.74 Å². The highest BCUT2D eigenvalue weighted by molar-refractivity contribution is 9.10. The number of halogens is 2. The van der Waals surface area contributed by atoms with E-state index < -0.39 is 0 Å². The number of hydrogen-bond acceptors (Lipinski definition) is 5. The fraction of sp³-hybridized carbons (Fsp3) is 0.227. The lowest BCUT2D eigenvalue weighted by Gasteiger charge is -2.07. The van der Waals surface area contributed by atoms with E-state index in [1.165, 1.54) is 0 Å². The first-order valence-corrected chi connectivity index (χ1v) is 10.7. The predicted octanol–water partition coefficient (Wildman–Crippen LogP) is 5.79. The third-order valence-corrected chi connectivity index (χ3v) is 5.77. The Hall–Kier alpha value is -2.64. The van der Waals surface area contributed by atoms with Crippen LogP contribution in [0.1, 0.15) is 22.8 Å². The number of aryl methyl sites for hydroxylation is 3. The summed E-state index contributed by atoms with van der Waals surface area (Å²) < 4.78 is 14.6. The Morgan fingerprint density at radius 3 is 2.63 bits per heavy atom. The van der Waals surface area contributed by atoms with Gasteiger partial charge in [-0.1, -0.05) is 39.7 Å². The summed E-state index contributed by atoms with van der Waals surface area (Å²) in [4.78, 5) is 0. The SMILES string of the molecule is Cc1nn(CCc2nnc(-c3cccc(COc4ccc(Br)cc4)c3)o2)c(C)c1Cl. The highest BCUT2D eigenvalue weighted by Crippen LogP contribution is 2.23. The molecule has 6 nitrogen and oxygen atoms in total. The van der Waals surface area contributed by atoms with Crippen LogP contribution in [0.5, 0.6) is 5.75 Å². The van der Waals surface area contributed by atoms with Crippen LogP contribution in [0.15, 0.2) is 57.4 Å². The standard InChI is InChI=1S/C22H20BrClN4O2/c1-14-21(24)15(2)28(27-14)11-10-20-25-26-22(30-20)17-5-3-4-16(12-17)13-29-19-8-6-18(23)7-9-19/h3-9,12H,10-11,13H2,1-2H3. The fourth-order valence-corrected chi connectivity index (χ4v) is 3.46. The first-order valence-electron chi connectivity index (χ1n) is 9.49. The quantitative estimate of drug-likeness (QED) is 0.330. The van der Waals surface area contributed by atoms with Gasteiger partial charge in [-0.05, 0) is 55.8 Å². The van der Waals surface area contributed by atoms with E-state index in [2.05, 4.69) is 31.2 Å². The molecule has 0 radical (unpaired) electrons. The van der Waals surface area contributed by atoms with Crippen molar-refractivity contribution in [2.45, 2.75) is 33.4 Å². The summed E-state index contributed by atoms with van der Waals surface area (Å²) in [5, 5.41) is 13.5. The molecule has 0 aliphatic rings. The monoisotopic (exact) mass is 486 g/mol. The van der Waals surface area contributed by atoms with Crippen LogP contribution in [0.25, 0.3) is 11.5 Å². The van der Waals surface area contributed by atoms with Crippen molar-refractivity contribution in [1.29, 1.82) is 0 Å². The Balaban J connectivity index is 1.40. The van der Waals surface area contributed by atoms with E-state index in [9.17, 15) is 0 Å². The highest BCUT2D eigenvalue weighted by atomic mass is 79.9. The topological polar surface area (TPSA) is 66.0 Å². The van der Waals surface area contributed by atoms with Crippen molar-refractivity contribution in [1.82, 2.24) is 20.0 Å². The molecule has 30 heavy (non-hydrogen) atoms. The largest absolute Gasteiger partial charge is 0.489 e. The molecule has 0 aliphatic carbocycles. The molecule has 0 saturated carbocycles. The van der Waals surface area contributed by atoms with Gasteiger partial charge in [0.1, 0.15) is 12.4 Å². The van der Waals surface area contributed by atoms with E-state index in [1.807, 2.05) is 67.1 Å². The van der Waals surface area contributed by atoms with Gasteiger partial charge in [0, 0.05) is 23.0 Å². The van der Waals surface area contributed by atoms with Crippen molar-refractivity contribution < 1.29 is 9.15 Å². The summed E-state index contributed by atoms with van der Waals surface area (Å²) in [5.41, 5.74) is 3.64. The van der Waals surface area contributed by atoms with Gasteiger partial charge in [0.05, 0.1) is 16.4 Å². The van der Waals surface area contributed by atoms with Crippen molar-refractivity contribution in [3.8, 4) is 17.2 Å². The Morgan fingerprint density at radius 2 is 1.90 bits per heavy atom. The maximum atomic E-state index is 6.20. The van der Waals surface area contributed by atoms with Gasteiger partial charge in [-0.15, -0.1) is 10.2 Å². The summed E-state index contributed by atoms with van der Waals surface area (Å²) in [5.74, 6) is 1.86. The van der Waals surface area contributed by atoms with Crippen molar-refractivity contribution in [2.24, 2.45) is 0 Å². The normalized spacial score (nSPS) is 11.1. The zero-order valence-corrected chi connectivity index (χ0v) is 18.9. The maximum Gasteiger partial charge on any atom is 0.247 e. The molecule has 0 aliphatic heterocycles. The number of nitrogens with zero attached hydrogens (tertiary/aromatic N) is 4. The summed E-state index contributed by atoms with van der Waals surface area (Å²) in [7, 11) is 0. The van der Waals surface area contributed by atoms with E-state index in [-0.39, 0.29) is 0 Å². The van der Waals surface area contributed by atoms with Crippen LogP contribution in [-0.4, -0.2) is 20.0 Å². The number of hydrogen-bond donors (Lipinski definition) is 0. The Kier molecular flexibility index (Phi) is 6.20. The van der Waals surface area contributed by atoms with Crippen LogP contribution in [0.3, 0.4) is 0 Å². The molecular formula is C22H20BrClN4O2. The third kappa shape index (κ3) is 4.74. The molecule has 0 N–H and O–H groups in total. The molecule has 2 aromatic heterocycles. The van der Waals surface area contributed by atoms with Crippen LogP contribution in [0.2, 0.25) is 5.02 Å². The minimum atomic E-state index is 0.454. The van der Waals surface area contributed by atoms with Crippen LogP contribution in [-0.2, 0) is 19.6 Å². The lowest BCUT2D eigenvalue weighted by atomic mass is 10.1. The maximum absolute atomic E-state index is 6.20. The van der Waals surface area contributed by atoms with Gasteiger partial charge in [0.25, 0.3) is 0 Å². The average molecular weight is 488 g/mol. The average Bonchev–Trinajstić information content (AvgIpc) is 3.33. The van der Waals surface area contributed by atoms with Gasteiger partial charge in [-0.3, -0.25) is 4.68 Å². The molecule has 8 heteroatoms. The van der Waals surface area contributed by atoms with E-state index >= 15 is 0 Å². The summed E-state index contributed by atoms with van der Waals surface area (Å²) in [6.45, 7) is 4.92. The Labute approximate surface area is 188 Å². The highest BCUT2D eigenvalue weighted by Gasteiger charge is 2.12. The number of benzene rings is 2. The predicted molar refractivity (Wildman–Crippen MR) is 119 cm³/mol. The van der Waals surface area contributed by atoms with Gasteiger partial charge in [-0.25, -0.2) is 0 Å². The molecule has 0 unspecified atom stereocenters. The third-order valence-electron chi connectivity index (χ3n) is 4.69. The van der Waals surface area contributed by atoms with E-state index in [0.717, 1.165) is 32.7 Å². The zero-order valence-electron chi connectivity index (χ0n) is 16.6. The number of aromatic nitrogens is 4. The molecule has 4 aromatic rings. The zero-order chi connectivity index (χ0) is 21.1. The molecule has 4 rings (SSSR count). The lowest BCUT2D eigenvalue weighted by molar-refractivity contribution is 0.306. The van der Waals surface area contributed by atoms with Crippen LogP contribution in [0, 0.1) is 13.8 Å². The van der Waals surface area contributed by atoms with Gasteiger partial charge in [-0.2, -0.15) is 5.10 Å². The van der Waals surface area contributed by atoms with Crippen molar-refractivity contribution in [2.75, 3.05) is 0 Å². The van der Waals surface area contributed by atoms with Gasteiger partial charge >= 0.3 is 0 Å². The second-order valence-corrected chi connectivity index (χ2v) is 8.20. The first-order chi connectivity index (χ1) is 14.5. The second-order valence-electron chi connectivity index (χ2n) is 6.90. The molecule has 0 amide bonds. The minimum absolute atomic E-state index is 0.454. The first kappa shape index (κ1) is 20.6. The van der Waals surface area contributed by atoms with Gasteiger partial charge in [0.2, 0.25) is 11.8 Å². The van der Waals surface area contributed by atoms with Crippen molar-refractivity contribution >= 4 is 27.5 Å². The summed E-state index contributed by atoms with van der Waals surface area (Å²) in [6, 6.07) is 15.7. The lowest BCUT2D eigenvalue weighted by Crippen LogP contribution is -2.05. The Morgan fingerprint density at radius 1 is 1.10 bits per heavy atom.